The smallest absolute Gasteiger partial charge is 0.170 e. The lowest BCUT2D eigenvalue weighted by molar-refractivity contribution is 0.0990. The average molecular weight is 289 g/mol. The van der Waals surface area contributed by atoms with E-state index in [1.165, 1.54) is 0 Å². The van der Waals surface area contributed by atoms with Crippen LogP contribution in [0.25, 0.3) is 0 Å². The first-order valence-corrected chi connectivity index (χ1v) is 6.82. The highest BCUT2D eigenvalue weighted by Crippen LogP contribution is 2.27. The minimum absolute atomic E-state index is 0.0345. The van der Waals surface area contributed by atoms with Gasteiger partial charge < -0.3 is 4.74 Å². The standard InChI is InChI=1S/C17H17ClO2/c1-11-7-8-15(17(20-3)12(11)2)16(19)10-13-5-4-6-14(18)9-13/h4-9H,10H2,1-3H3. The van der Waals surface area contributed by atoms with Gasteiger partial charge in [0.15, 0.2) is 5.78 Å². The predicted octanol–water partition coefficient (Wildman–Crippen LogP) is 4.39. The fraction of sp³-hybridized carbons (Fsp3) is 0.235. The third kappa shape index (κ3) is 3.02. The summed E-state index contributed by atoms with van der Waals surface area (Å²) in [5.41, 5.74) is 3.64. The zero-order valence-electron chi connectivity index (χ0n) is 11.9. The maximum atomic E-state index is 12.4. The van der Waals surface area contributed by atoms with Gasteiger partial charge in [-0.2, -0.15) is 0 Å². The molecule has 0 aliphatic heterocycles. The van der Waals surface area contributed by atoms with Crippen LogP contribution in [0.2, 0.25) is 5.02 Å². The number of hydrogen-bond donors (Lipinski definition) is 0. The number of aryl methyl sites for hydroxylation is 1. The number of methoxy groups -OCH3 is 1. The second-order valence-electron chi connectivity index (χ2n) is 4.82. The van der Waals surface area contributed by atoms with E-state index in [0.29, 0.717) is 22.8 Å². The Morgan fingerprint density at radius 1 is 1.20 bits per heavy atom. The van der Waals surface area contributed by atoms with Crippen molar-refractivity contribution in [1.82, 2.24) is 0 Å². The van der Waals surface area contributed by atoms with Crippen LogP contribution >= 0.6 is 11.6 Å². The first-order valence-electron chi connectivity index (χ1n) is 6.44. The quantitative estimate of drug-likeness (QED) is 0.780. The first-order chi connectivity index (χ1) is 9.52. The molecule has 0 spiro atoms. The number of carbonyl (C=O) groups excluding carboxylic acids is 1. The predicted molar refractivity (Wildman–Crippen MR) is 82.0 cm³/mol. The summed E-state index contributed by atoms with van der Waals surface area (Å²) in [7, 11) is 1.60. The number of ether oxygens (including phenoxy) is 1. The fourth-order valence-corrected chi connectivity index (χ4v) is 2.41. The van der Waals surface area contributed by atoms with Crippen molar-refractivity contribution < 1.29 is 9.53 Å². The molecule has 0 radical (unpaired) electrons. The molecule has 0 saturated carbocycles. The number of hydrogen-bond acceptors (Lipinski definition) is 2. The van der Waals surface area contributed by atoms with Crippen molar-refractivity contribution in [2.24, 2.45) is 0 Å². The monoisotopic (exact) mass is 288 g/mol. The first kappa shape index (κ1) is 14.6. The number of halogens is 1. The van der Waals surface area contributed by atoms with Crippen molar-refractivity contribution in [3.63, 3.8) is 0 Å². The van der Waals surface area contributed by atoms with Gasteiger partial charge >= 0.3 is 0 Å². The van der Waals surface area contributed by atoms with Crippen LogP contribution in [0, 0.1) is 13.8 Å². The summed E-state index contributed by atoms with van der Waals surface area (Å²) in [4.78, 5) is 12.4. The summed E-state index contributed by atoms with van der Waals surface area (Å²) >= 11 is 5.94. The topological polar surface area (TPSA) is 26.3 Å². The van der Waals surface area contributed by atoms with Crippen molar-refractivity contribution in [3.8, 4) is 5.75 Å². The Kier molecular flexibility index (Phi) is 4.46. The lowest BCUT2D eigenvalue weighted by atomic mass is 9.98. The van der Waals surface area contributed by atoms with Gasteiger partial charge in [-0.25, -0.2) is 0 Å². The Morgan fingerprint density at radius 3 is 2.60 bits per heavy atom. The van der Waals surface area contributed by atoms with Crippen molar-refractivity contribution in [2.45, 2.75) is 20.3 Å². The molecule has 0 bridgehead atoms. The molecule has 104 valence electrons. The highest BCUT2D eigenvalue weighted by Gasteiger charge is 2.15. The van der Waals surface area contributed by atoms with Gasteiger partial charge in [0.05, 0.1) is 12.7 Å². The van der Waals surface area contributed by atoms with Crippen molar-refractivity contribution in [1.29, 1.82) is 0 Å². The van der Waals surface area contributed by atoms with E-state index in [2.05, 4.69) is 0 Å². The molecule has 2 nitrogen and oxygen atoms in total. The molecule has 0 N–H and O–H groups in total. The van der Waals surface area contributed by atoms with Crippen LogP contribution in [0.5, 0.6) is 5.75 Å². The Labute approximate surface area is 124 Å². The molecule has 3 heteroatoms. The van der Waals surface area contributed by atoms with Crippen LogP contribution in [-0.4, -0.2) is 12.9 Å². The van der Waals surface area contributed by atoms with Gasteiger partial charge in [0.2, 0.25) is 0 Å². The zero-order valence-corrected chi connectivity index (χ0v) is 12.6. The molecule has 20 heavy (non-hydrogen) atoms. The minimum Gasteiger partial charge on any atom is -0.496 e. The van der Waals surface area contributed by atoms with E-state index in [4.69, 9.17) is 16.3 Å². The van der Waals surface area contributed by atoms with Crippen LogP contribution in [0.1, 0.15) is 27.0 Å². The SMILES string of the molecule is COc1c(C(=O)Cc2cccc(Cl)c2)ccc(C)c1C. The summed E-state index contributed by atoms with van der Waals surface area (Å²) in [6.45, 7) is 3.97. The largest absolute Gasteiger partial charge is 0.496 e. The summed E-state index contributed by atoms with van der Waals surface area (Å²) in [6.07, 6.45) is 0.319. The second-order valence-corrected chi connectivity index (χ2v) is 5.25. The van der Waals surface area contributed by atoms with Crippen molar-refractivity contribution in [2.75, 3.05) is 7.11 Å². The van der Waals surface area contributed by atoms with E-state index in [1.54, 1.807) is 13.2 Å². The van der Waals surface area contributed by atoms with Crippen molar-refractivity contribution in [3.05, 3.63) is 63.7 Å². The summed E-state index contributed by atoms with van der Waals surface area (Å²) in [6, 6.07) is 11.1. The minimum atomic E-state index is 0.0345. The van der Waals surface area contributed by atoms with Gasteiger partial charge in [-0.1, -0.05) is 29.8 Å². The van der Waals surface area contributed by atoms with Crippen LogP contribution in [0.15, 0.2) is 36.4 Å². The van der Waals surface area contributed by atoms with E-state index < -0.39 is 0 Å². The van der Waals surface area contributed by atoms with Gasteiger partial charge in [0.1, 0.15) is 5.75 Å². The van der Waals surface area contributed by atoms with Gasteiger partial charge in [0.25, 0.3) is 0 Å². The molecule has 0 saturated heterocycles. The molecule has 2 aromatic rings. The van der Waals surface area contributed by atoms with E-state index in [1.807, 2.05) is 44.2 Å². The maximum Gasteiger partial charge on any atom is 0.170 e. The second kappa shape index (κ2) is 6.10. The molecule has 0 aromatic heterocycles. The Morgan fingerprint density at radius 2 is 1.95 bits per heavy atom. The molecule has 0 atom stereocenters. The Balaban J connectivity index is 2.32. The van der Waals surface area contributed by atoms with Crippen LogP contribution in [0.3, 0.4) is 0 Å². The van der Waals surface area contributed by atoms with Crippen LogP contribution < -0.4 is 4.74 Å². The fourth-order valence-electron chi connectivity index (χ4n) is 2.20. The van der Waals surface area contributed by atoms with E-state index in [9.17, 15) is 4.79 Å². The summed E-state index contributed by atoms with van der Waals surface area (Å²) < 4.78 is 5.39. The Hall–Kier alpha value is -1.80. The molecule has 2 aromatic carbocycles. The molecule has 0 aliphatic carbocycles. The van der Waals surface area contributed by atoms with Crippen LogP contribution in [-0.2, 0) is 6.42 Å². The van der Waals surface area contributed by atoms with Crippen molar-refractivity contribution >= 4 is 17.4 Å². The summed E-state index contributed by atoms with van der Waals surface area (Å²) in [5, 5.41) is 0.641. The molecule has 0 fully saturated rings. The highest BCUT2D eigenvalue weighted by atomic mass is 35.5. The number of Topliss-reactive ketones (excluding diaryl/α,β-unsaturated/α-hetero) is 1. The van der Waals surface area contributed by atoms with E-state index in [-0.39, 0.29) is 5.78 Å². The molecule has 0 heterocycles. The average Bonchev–Trinajstić information content (AvgIpc) is 2.41. The molecular weight excluding hydrogens is 272 g/mol. The number of benzene rings is 2. The Bertz CT molecular complexity index is 647. The lowest BCUT2D eigenvalue weighted by Gasteiger charge is -2.12. The molecule has 2 rings (SSSR count). The van der Waals surface area contributed by atoms with E-state index >= 15 is 0 Å². The maximum absolute atomic E-state index is 12.4. The van der Waals surface area contributed by atoms with E-state index in [0.717, 1.165) is 16.7 Å². The molecule has 0 aliphatic rings. The molecule has 0 amide bonds. The van der Waals surface area contributed by atoms with Gasteiger partial charge in [-0.15, -0.1) is 0 Å². The summed E-state index contributed by atoms with van der Waals surface area (Å²) in [5.74, 6) is 0.698. The van der Waals surface area contributed by atoms with Gasteiger partial charge in [0, 0.05) is 11.4 Å². The third-order valence-corrected chi connectivity index (χ3v) is 3.67. The van der Waals surface area contributed by atoms with Gasteiger partial charge in [-0.3, -0.25) is 4.79 Å². The molecular formula is C17H17ClO2. The zero-order chi connectivity index (χ0) is 14.7. The third-order valence-electron chi connectivity index (χ3n) is 3.43. The highest BCUT2D eigenvalue weighted by molar-refractivity contribution is 6.30. The number of rotatable bonds is 4. The van der Waals surface area contributed by atoms with Gasteiger partial charge in [-0.05, 0) is 48.7 Å². The lowest BCUT2D eigenvalue weighted by Crippen LogP contribution is -2.07. The molecule has 0 unspecified atom stereocenters. The number of carbonyl (C=O) groups is 1. The van der Waals surface area contributed by atoms with Crippen LogP contribution in [0.4, 0.5) is 0 Å². The normalized spacial score (nSPS) is 10.4. The number of ketones is 1.